The highest BCUT2D eigenvalue weighted by Gasteiger charge is 2.63. The topological polar surface area (TPSA) is 99.7 Å². The number of nitriles is 1. The van der Waals surface area contributed by atoms with E-state index in [-0.39, 0.29) is 23.6 Å². The van der Waals surface area contributed by atoms with E-state index in [0.717, 1.165) is 4.47 Å². The van der Waals surface area contributed by atoms with E-state index >= 15 is 0 Å². The Labute approximate surface area is 180 Å². The molecule has 3 heterocycles. The minimum atomic E-state index is -1.61. The van der Waals surface area contributed by atoms with Gasteiger partial charge in [0.15, 0.2) is 0 Å². The number of hydrogen-bond donors (Lipinski definition) is 1. The van der Waals surface area contributed by atoms with Gasteiger partial charge in [-0.1, -0.05) is 34.1 Å². The molecule has 0 saturated carbocycles. The Morgan fingerprint density at radius 3 is 2.57 bits per heavy atom. The number of anilines is 2. The first-order valence-electron chi connectivity index (χ1n) is 9.17. The minimum absolute atomic E-state index is 0.0184. The van der Waals surface area contributed by atoms with Crippen LogP contribution in [-0.2, 0) is 19.7 Å². The zero-order chi connectivity index (χ0) is 21.2. The van der Waals surface area contributed by atoms with Gasteiger partial charge < -0.3 is 15.4 Å². The molecule has 1 unspecified atom stereocenters. The summed E-state index contributed by atoms with van der Waals surface area (Å²) in [6, 6.07) is 16.6. The van der Waals surface area contributed by atoms with Crippen molar-refractivity contribution in [3.8, 4) is 6.07 Å². The molecule has 3 aliphatic rings. The second-order valence-corrected chi connectivity index (χ2v) is 8.13. The van der Waals surface area contributed by atoms with Crippen molar-refractivity contribution in [2.45, 2.75) is 5.41 Å². The van der Waals surface area contributed by atoms with E-state index in [1.807, 2.05) is 24.3 Å². The number of carbonyl (C=O) groups excluding carboxylic acids is 2. The molecule has 2 N–H and O–H groups in total. The molecule has 2 aromatic carbocycles. The van der Waals surface area contributed by atoms with Crippen LogP contribution in [0, 0.1) is 11.3 Å². The van der Waals surface area contributed by atoms with Crippen molar-refractivity contribution in [1.29, 1.82) is 5.26 Å². The maximum atomic E-state index is 13.6. The van der Waals surface area contributed by atoms with Gasteiger partial charge in [0.25, 0.3) is 0 Å². The molecule has 148 valence electrons. The Morgan fingerprint density at radius 1 is 1.17 bits per heavy atom. The number of ether oxygens (including phenoxy) is 1. The van der Waals surface area contributed by atoms with E-state index < -0.39 is 17.3 Å². The fourth-order valence-corrected chi connectivity index (χ4v) is 4.85. The highest BCUT2D eigenvalue weighted by atomic mass is 79.9. The molecule has 0 radical (unpaired) electrons. The number of likely N-dealkylation sites (N-methyl/N-ethyl adjacent to an activating group) is 1. The lowest BCUT2D eigenvalue weighted by molar-refractivity contribution is -0.137. The summed E-state index contributed by atoms with van der Waals surface area (Å²) >= 11 is 3.40. The normalized spacial score (nSPS) is 22.4. The smallest absolute Gasteiger partial charge is 0.338 e. The quantitative estimate of drug-likeness (QED) is 0.653. The first-order chi connectivity index (χ1) is 14.4. The number of hydrogen-bond acceptors (Lipinski definition) is 6. The van der Waals surface area contributed by atoms with Crippen molar-refractivity contribution in [3.05, 3.63) is 81.2 Å². The molecule has 5 rings (SSSR count). The number of nitrogens with two attached hydrogens (primary N) is 1. The second-order valence-electron chi connectivity index (χ2n) is 7.21. The number of para-hydroxylation sites is 1. The molecule has 1 amide bonds. The predicted molar refractivity (Wildman–Crippen MR) is 113 cm³/mol. The van der Waals surface area contributed by atoms with Crippen molar-refractivity contribution in [3.63, 3.8) is 0 Å². The molecule has 0 saturated heterocycles. The zero-order valence-corrected chi connectivity index (χ0v) is 17.4. The fraction of sp³-hybridized carbons (Fsp3) is 0.136. The Balaban J connectivity index is 1.87. The number of halogens is 1. The summed E-state index contributed by atoms with van der Waals surface area (Å²) in [5.74, 6) is -0.911. The lowest BCUT2D eigenvalue weighted by Gasteiger charge is -2.38. The third-order valence-corrected chi connectivity index (χ3v) is 6.37. The van der Waals surface area contributed by atoms with Crippen LogP contribution in [0.4, 0.5) is 11.4 Å². The van der Waals surface area contributed by atoms with Crippen LogP contribution >= 0.6 is 15.9 Å². The minimum Gasteiger partial charge on any atom is -0.456 e. The highest BCUT2D eigenvalue weighted by Crippen LogP contribution is 2.55. The van der Waals surface area contributed by atoms with Gasteiger partial charge in [-0.2, -0.15) is 5.26 Å². The predicted octanol–water partition coefficient (Wildman–Crippen LogP) is 2.69. The zero-order valence-electron chi connectivity index (χ0n) is 15.8. The number of cyclic esters (lactones) is 1. The molecule has 30 heavy (non-hydrogen) atoms. The van der Waals surface area contributed by atoms with Crippen LogP contribution in [0.5, 0.6) is 0 Å². The lowest BCUT2D eigenvalue weighted by Crippen LogP contribution is -2.50. The molecule has 1 spiro atoms. The second kappa shape index (κ2) is 6.21. The van der Waals surface area contributed by atoms with Crippen LogP contribution < -0.4 is 15.5 Å². The Morgan fingerprint density at radius 2 is 1.87 bits per heavy atom. The van der Waals surface area contributed by atoms with E-state index in [1.54, 1.807) is 36.2 Å². The van der Waals surface area contributed by atoms with Gasteiger partial charge in [-0.3, -0.25) is 9.69 Å². The van der Waals surface area contributed by atoms with E-state index in [0.29, 0.717) is 22.6 Å². The summed E-state index contributed by atoms with van der Waals surface area (Å²) in [5, 5.41) is 10.2. The van der Waals surface area contributed by atoms with E-state index in [4.69, 9.17) is 10.5 Å². The summed E-state index contributed by atoms with van der Waals surface area (Å²) in [6.45, 7) is -0.0372. The van der Waals surface area contributed by atoms with E-state index in [9.17, 15) is 14.9 Å². The number of esters is 1. The van der Waals surface area contributed by atoms with Crippen molar-refractivity contribution in [1.82, 2.24) is 0 Å². The van der Waals surface area contributed by atoms with Crippen molar-refractivity contribution < 1.29 is 14.3 Å². The molecule has 7 nitrogen and oxygen atoms in total. The third kappa shape index (κ3) is 2.07. The largest absolute Gasteiger partial charge is 0.456 e. The van der Waals surface area contributed by atoms with Gasteiger partial charge in [-0.05, 0) is 30.3 Å². The van der Waals surface area contributed by atoms with Crippen LogP contribution in [0.15, 0.2) is 75.7 Å². The standard InChI is InChI=1S/C22H15BrN4O3/c1-26-16-5-3-2-4-14(16)22(21(26)29)15(10-24)19(25)27(13-8-6-12(23)7-9-13)17-11-30-20(28)18(17)22/h2-9H,11,25H2,1H3. The van der Waals surface area contributed by atoms with Gasteiger partial charge in [0.05, 0.1) is 16.8 Å². The maximum Gasteiger partial charge on any atom is 0.338 e. The number of fused-ring (bicyclic) bond motifs is 3. The van der Waals surface area contributed by atoms with Crippen LogP contribution in [0.3, 0.4) is 0 Å². The van der Waals surface area contributed by atoms with Crippen molar-refractivity contribution in [2.24, 2.45) is 5.73 Å². The molecule has 1 atom stereocenters. The third-order valence-electron chi connectivity index (χ3n) is 5.84. The Bertz CT molecular complexity index is 1240. The molecule has 0 aromatic heterocycles. The SMILES string of the molecule is CN1C(=O)C2(C(C#N)=C(N)N(c3ccc(Br)cc3)C3=C2C(=O)OC3)c2ccccc21. The maximum absolute atomic E-state index is 13.6. The van der Waals surface area contributed by atoms with Crippen molar-refractivity contribution in [2.75, 3.05) is 23.5 Å². The van der Waals surface area contributed by atoms with Crippen molar-refractivity contribution >= 4 is 39.2 Å². The number of benzene rings is 2. The summed E-state index contributed by atoms with van der Waals surface area (Å²) in [4.78, 5) is 29.7. The lowest BCUT2D eigenvalue weighted by atomic mass is 9.67. The summed E-state index contributed by atoms with van der Waals surface area (Å²) in [7, 11) is 1.63. The Hall–Kier alpha value is -3.57. The average molecular weight is 463 g/mol. The molecule has 2 aromatic rings. The van der Waals surface area contributed by atoms with Crippen LogP contribution in [0.25, 0.3) is 0 Å². The molecule has 8 heteroatoms. The van der Waals surface area contributed by atoms with Crippen LogP contribution in [0.2, 0.25) is 0 Å². The molecular formula is C22H15BrN4O3. The summed E-state index contributed by atoms with van der Waals surface area (Å²) in [6.07, 6.45) is 0. The van der Waals surface area contributed by atoms with Crippen LogP contribution in [-0.4, -0.2) is 25.5 Å². The summed E-state index contributed by atoms with van der Waals surface area (Å²) < 4.78 is 6.25. The van der Waals surface area contributed by atoms with Gasteiger partial charge in [-0.15, -0.1) is 0 Å². The highest BCUT2D eigenvalue weighted by molar-refractivity contribution is 9.10. The average Bonchev–Trinajstić information content (AvgIpc) is 3.23. The molecule has 0 aliphatic carbocycles. The number of amides is 1. The van der Waals surface area contributed by atoms with Gasteiger partial charge in [0.2, 0.25) is 5.91 Å². The van der Waals surface area contributed by atoms with E-state index in [2.05, 4.69) is 22.0 Å². The van der Waals surface area contributed by atoms with Gasteiger partial charge in [0.1, 0.15) is 23.9 Å². The monoisotopic (exact) mass is 462 g/mol. The van der Waals surface area contributed by atoms with E-state index in [1.165, 1.54) is 4.90 Å². The Kier molecular flexibility index (Phi) is 3.82. The fourth-order valence-electron chi connectivity index (χ4n) is 4.59. The molecule has 3 aliphatic heterocycles. The van der Waals surface area contributed by atoms with Gasteiger partial charge in [0, 0.05) is 28.5 Å². The number of nitrogens with zero attached hydrogens (tertiary/aromatic N) is 3. The first-order valence-corrected chi connectivity index (χ1v) is 9.96. The number of rotatable bonds is 1. The molecule has 0 bridgehead atoms. The molecule has 0 fully saturated rings. The van der Waals surface area contributed by atoms with Gasteiger partial charge in [-0.25, -0.2) is 4.79 Å². The van der Waals surface area contributed by atoms with Gasteiger partial charge >= 0.3 is 5.97 Å². The summed E-state index contributed by atoms with van der Waals surface area (Å²) in [5.41, 5.74) is 7.40. The molecular weight excluding hydrogens is 448 g/mol. The van der Waals surface area contributed by atoms with Crippen LogP contribution in [0.1, 0.15) is 5.56 Å². The first kappa shape index (κ1) is 18.5. The number of carbonyl (C=O) groups is 2.